The van der Waals surface area contributed by atoms with Crippen molar-refractivity contribution in [3.63, 3.8) is 0 Å². The van der Waals surface area contributed by atoms with E-state index in [0.29, 0.717) is 12.2 Å². The van der Waals surface area contributed by atoms with Crippen LogP contribution in [0.1, 0.15) is 12.1 Å². The summed E-state index contributed by atoms with van der Waals surface area (Å²) in [4.78, 5) is 16.0. The average Bonchev–Trinajstić information content (AvgIpc) is 2.29. The highest BCUT2D eigenvalue weighted by Crippen LogP contribution is 2.22. The van der Waals surface area contributed by atoms with Crippen LogP contribution in [0.5, 0.6) is 0 Å². The summed E-state index contributed by atoms with van der Waals surface area (Å²) >= 11 is 4.05. The van der Waals surface area contributed by atoms with Crippen LogP contribution in [-0.2, 0) is 4.79 Å². The fraction of sp³-hybridized carbons (Fsp3) is 0.231. The fourth-order valence-electron chi connectivity index (χ4n) is 1.73. The van der Waals surface area contributed by atoms with E-state index in [1.54, 1.807) is 0 Å². The van der Waals surface area contributed by atoms with Crippen LogP contribution in [0.4, 0.5) is 5.69 Å². The third-order valence-electron chi connectivity index (χ3n) is 2.46. The molecule has 0 unspecified atom stereocenters. The first-order chi connectivity index (χ1) is 8.20. The van der Waals surface area contributed by atoms with Gasteiger partial charge in [-0.1, -0.05) is 18.2 Å². The molecule has 2 rings (SSSR count). The van der Waals surface area contributed by atoms with Crippen LogP contribution in [0.3, 0.4) is 0 Å². The zero-order valence-corrected chi connectivity index (χ0v) is 10.5. The van der Waals surface area contributed by atoms with Crippen molar-refractivity contribution in [2.45, 2.75) is 13.3 Å². The fourth-order valence-corrected chi connectivity index (χ4v) is 1.93. The molecule has 0 aliphatic heterocycles. The van der Waals surface area contributed by atoms with Crippen LogP contribution in [-0.4, -0.2) is 16.6 Å². The molecule has 0 saturated carbocycles. The lowest BCUT2D eigenvalue weighted by molar-refractivity contribution is -0.115. The lowest BCUT2D eigenvalue weighted by atomic mass is 10.1. The summed E-state index contributed by atoms with van der Waals surface area (Å²) in [5.74, 6) is 0.532. The Hall–Kier alpha value is -1.55. The second-order valence-corrected chi connectivity index (χ2v) is 4.30. The molecule has 1 amide bonds. The minimum Gasteiger partial charge on any atom is -0.325 e. The van der Waals surface area contributed by atoms with Crippen molar-refractivity contribution < 1.29 is 4.79 Å². The van der Waals surface area contributed by atoms with Crippen molar-refractivity contribution >= 4 is 35.1 Å². The number of hydrogen-bond acceptors (Lipinski definition) is 3. The molecule has 1 N–H and O–H groups in total. The lowest BCUT2D eigenvalue weighted by Crippen LogP contribution is -2.12. The van der Waals surface area contributed by atoms with Crippen LogP contribution in [0.25, 0.3) is 10.9 Å². The number of fused-ring (bicyclic) bond motifs is 1. The number of rotatable bonds is 3. The number of carbonyl (C=O) groups is 1. The zero-order valence-electron chi connectivity index (χ0n) is 9.60. The van der Waals surface area contributed by atoms with Crippen LogP contribution in [0.2, 0.25) is 0 Å². The molecule has 3 nitrogen and oxygen atoms in total. The van der Waals surface area contributed by atoms with Gasteiger partial charge in [-0.15, -0.1) is 0 Å². The van der Waals surface area contributed by atoms with Gasteiger partial charge < -0.3 is 5.32 Å². The highest BCUT2D eigenvalue weighted by Gasteiger charge is 2.06. The standard InChI is InChI=1S/C13H14N2OS/c1-9-8-12(15-13(16)6-7-17)10-4-2-3-5-11(10)14-9/h2-5,8,17H,6-7H2,1H3,(H,14,15,16). The second-order valence-electron chi connectivity index (χ2n) is 3.85. The van der Waals surface area contributed by atoms with Gasteiger partial charge in [0.05, 0.1) is 11.2 Å². The van der Waals surface area contributed by atoms with E-state index in [9.17, 15) is 4.79 Å². The summed E-state index contributed by atoms with van der Waals surface area (Å²) in [5.41, 5.74) is 2.61. The Morgan fingerprint density at radius 3 is 2.94 bits per heavy atom. The number of nitrogens with zero attached hydrogens (tertiary/aromatic N) is 1. The Balaban J connectivity index is 2.42. The monoisotopic (exact) mass is 246 g/mol. The molecular formula is C13H14N2OS. The molecule has 0 fully saturated rings. The Labute approximate surface area is 106 Å². The zero-order chi connectivity index (χ0) is 12.3. The van der Waals surface area contributed by atoms with Gasteiger partial charge >= 0.3 is 0 Å². The minimum atomic E-state index is -0.0178. The van der Waals surface area contributed by atoms with Crippen molar-refractivity contribution in [1.82, 2.24) is 4.98 Å². The minimum absolute atomic E-state index is 0.0178. The third-order valence-corrected chi connectivity index (χ3v) is 2.68. The summed E-state index contributed by atoms with van der Waals surface area (Å²) < 4.78 is 0. The third kappa shape index (κ3) is 2.77. The normalized spacial score (nSPS) is 10.5. The van der Waals surface area contributed by atoms with Crippen molar-refractivity contribution in [1.29, 1.82) is 0 Å². The summed E-state index contributed by atoms with van der Waals surface area (Å²) in [6.07, 6.45) is 0.415. The van der Waals surface area contributed by atoms with E-state index in [2.05, 4.69) is 22.9 Å². The number of nitrogens with one attached hydrogen (secondary N) is 1. The number of thiol groups is 1. The van der Waals surface area contributed by atoms with Gasteiger partial charge in [0.15, 0.2) is 0 Å². The molecule has 17 heavy (non-hydrogen) atoms. The number of aromatic nitrogens is 1. The Kier molecular flexibility index (Phi) is 3.64. The Morgan fingerprint density at radius 2 is 2.18 bits per heavy atom. The summed E-state index contributed by atoms with van der Waals surface area (Å²) in [5, 5.41) is 3.86. The molecule has 2 aromatic rings. The smallest absolute Gasteiger partial charge is 0.225 e. The Bertz CT molecular complexity index is 554. The molecule has 88 valence electrons. The number of anilines is 1. The predicted molar refractivity (Wildman–Crippen MR) is 73.6 cm³/mol. The second kappa shape index (κ2) is 5.19. The average molecular weight is 246 g/mol. The first-order valence-corrected chi connectivity index (χ1v) is 6.11. The van der Waals surface area contributed by atoms with Crippen molar-refractivity contribution in [3.8, 4) is 0 Å². The molecule has 1 aromatic carbocycles. The van der Waals surface area contributed by atoms with Crippen molar-refractivity contribution in [2.24, 2.45) is 0 Å². The molecule has 0 aliphatic rings. The number of amides is 1. The van der Waals surface area contributed by atoms with Gasteiger partial charge in [0, 0.05) is 17.5 Å². The van der Waals surface area contributed by atoms with E-state index in [0.717, 1.165) is 22.3 Å². The first kappa shape index (κ1) is 11.9. The molecule has 1 aromatic heterocycles. The van der Waals surface area contributed by atoms with E-state index < -0.39 is 0 Å². The van der Waals surface area contributed by atoms with E-state index in [4.69, 9.17) is 0 Å². The maximum absolute atomic E-state index is 11.6. The number of pyridine rings is 1. The number of carbonyl (C=O) groups excluding carboxylic acids is 1. The van der Waals surface area contributed by atoms with Gasteiger partial charge in [0.2, 0.25) is 5.91 Å². The molecule has 0 spiro atoms. The number of aryl methyl sites for hydroxylation is 1. The number of para-hydroxylation sites is 1. The summed E-state index contributed by atoms with van der Waals surface area (Å²) in [6, 6.07) is 9.66. The molecule has 0 bridgehead atoms. The van der Waals surface area contributed by atoms with Crippen LogP contribution in [0.15, 0.2) is 30.3 Å². The topological polar surface area (TPSA) is 42.0 Å². The number of hydrogen-bond donors (Lipinski definition) is 2. The Morgan fingerprint density at radius 1 is 1.41 bits per heavy atom. The summed E-state index contributed by atoms with van der Waals surface area (Å²) in [6.45, 7) is 1.92. The molecule has 4 heteroatoms. The van der Waals surface area contributed by atoms with Crippen molar-refractivity contribution in [3.05, 3.63) is 36.0 Å². The molecule has 0 saturated heterocycles. The van der Waals surface area contributed by atoms with Gasteiger partial charge in [-0.05, 0) is 24.8 Å². The van der Waals surface area contributed by atoms with E-state index in [1.807, 2.05) is 37.3 Å². The largest absolute Gasteiger partial charge is 0.325 e. The summed E-state index contributed by atoms with van der Waals surface area (Å²) in [7, 11) is 0. The quantitative estimate of drug-likeness (QED) is 0.818. The van der Waals surface area contributed by atoms with Gasteiger partial charge in [0.25, 0.3) is 0 Å². The van der Waals surface area contributed by atoms with Gasteiger partial charge in [-0.25, -0.2) is 0 Å². The maximum atomic E-state index is 11.6. The lowest BCUT2D eigenvalue weighted by Gasteiger charge is -2.09. The molecular weight excluding hydrogens is 232 g/mol. The predicted octanol–water partition coefficient (Wildman–Crippen LogP) is 2.80. The van der Waals surface area contributed by atoms with E-state index in [-0.39, 0.29) is 5.91 Å². The van der Waals surface area contributed by atoms with Gasteiger partial charge in [-0.2, -0.15) is 12.6 Å². The van der Waals surface area contributed by atoms with Gasteiger partial charge in [-0.3, -0.25) is 9.78 Å². The van der Waals surface area contributed by atoms with E-state index in [1.165, 1.54) is 0 Å². The van der Waals surface area contributed by atoms with E-state index >= 15 is 0 Å². The SMILES string of the molecule is Cc1cc(NC(=O)CCS)c2ccccc2n1. The maximum Gasteiger partial charge on any atom is 0.225 e. The highest BCUT2D eigenvalue weighted by molar-refractivity contribution is 7.80. The molecule has 0 atom stereocenters. The molecule has 0 radical (unpaired) electrons. The van der Waals surface area contributed by atoms with Crippen LogP contribution < -0.4 is 5.32 Å². The molecule has 0 aliphatic carbocycles. The van der Waals surface area contributed by atoms with Gasteiger partial charge in [0.1, 0.15) is 0 Å². The van der Waals surface area contributed by atoms with Crippen LogP contribution >= 0.6 is 12.6 Å². The highest BCUT2D eigenvalue weighted by atomic mass is 32.1. The first-order valence-electron chi connectivity index (χ1n) is 5.48. The van der Waals surface area contributed by atoms with Crippen molar-refractivity contribution in [2.75, 3.05) is 11.1 Å². The molecule has 1 heterocycles. The van der Waals surface area contributed by atoms with Crippen LogP contribution in [0, 0.1) is 6.92 Å². The number of benzene rings is 1.